The summed E-state index contributed by atoms with van der Waals surface area (Å²) in [5.41, 5.74) is 0.995. The molecule has 1 heterocycles. The number of anilines is 3. The van der Waals surface area contributed by atoms with Crippen molar-refractivity contribution in [1.82, 2.24) is 15.2 Å². The highest BCUT2D eigenvalue weighted by molar-refractivity contribution is 5.55. The van der Waals surface area contributed by atoms with Crippen LogP contribution < -0.4 is 10.6 Å². The van der Waals surface area contributed by atoms with Crippen molar-refractivity contribution in [3.63, 3.8) is 0 Å². The molecule has 0 bridgehead atoms. The Kier molecular flexibility index (Phi) is 3.54. The molecule has 3 rings (SSSR count). The number of para-hydroxylation sites is 1. The predicted molar refractivity (Wildman–Crippen MR) is 75.4 cm³/mol. The second-order valence-electron chi connectivity index (χ2n) is 4.78. The minimum atomic E-state index is 0.494. The standard InChI is InChI=1S/C14H17N5/c1-2-6-11(7-3-1)16-13-10-15-19-14(18-13)17-12-8-4-5-9-12/h1-3,6-7,10,12H,4-5,8-9H2,(H2,16,17,18,19). The van der Waals surface area contributed by atoms with E-state index in [2.05, 4.69) is 25.8 Å². The van der Waals surface area contributed by atoms with E-state index in [1.165, 1.54) is 25.7 Å². The fraction of sp³-hybridized carbons (Fsp3) is 0.357. The van der Waals surface area contributed by atoms with Gasteiger partial charge < -0.3 is 10.6 Å². The monoisotopic (exact) mass is 255 g/mol. The number of nitrogens with one attached hydrogen (secondary N) is 2. The first kappa shape index (κ1) is 11.9. The van der Waals surface area contributed by atoms with Crippen LogP contribution in [0, 0.1) is 0 Å². The highest BCUT2D eigenvalue weighted by Crippen LogP contribution is 2.21. The number of aromatic nitrogens is 3. The van der Waals surface area contributed by atoms with Gasteiger partial charge in [-0.15, -0.1) is 5.10 Å². The fourth-order valence-electron chi connectivity index (χ4n) is 2.35. The highest BCUT2D eigenvalue weighted by Gasteiger charge is 2.15. The van der Waals surface area contributed by atoms with Crippen molar-refractivity contribution >= 4 is 17.5 Å². The molecule has 1 aliphatic rings. The molecule has 1 fully saturated rings. The summed E-state index contributed by atoms with van der Waals surface area (Å²) in [6.07, 6.45) is 6.59. The SMILES string of the molecule is c1ccc(Nc2cnnc(NC3CCCC3)n2)cc1. The van der Waals surface area contributed by atoms with Crippen LogP contribution in [0.2, 0.25) is 0 Å². The summed E-state index contributed by atoms with van der Waals surface area (Å²) in [6.45, 7) is 0. The van der Waals surface area contributed by atoms with Crippen LogP contribution >= 0.6 is 0 Å². The first-order valence-electron chi connectivity index (χ1n) is 6.68. The average molecular weight is 255 g/mol. The molecule has 1 aromatic heterocycles. The van der Waals surface area contributed by atoms with Gasteiger partial charge in [-0.2, -0.15) is 10.1 Å². The maximum absolute atomic E-state index is 4.44. The normalized spacial score (nSPS) is 15.4. The van der Waals surface area contributed by atoms with Crippen LogP contribution in [0.1, 0.15) is 25.7 Å². The molecule has 2 aromatic rings. The van der Waals surface area contributed by atoms with Crippen LogP contribution in [-0.2, 0) is 0 Å². The Morgan fingerprint density at radius 2 is 1.84 bits per heavy atom. The van der Waals surface area contributed by atoms with Gasteiger partial charge in [0.2, 0.25) is 5.95 Å². The van der Waals surface area contributed by atoms with E-state index in [-0.39, 0.29) is 0 Å². The van der Waals surface area contributed by atoms with E-state index in [4.69, 9.17) is 0 Å². The molecule has 0 aliphatic heterocycles. The summed E-state index contributed by atoms with van der Waals surface area (Å²) >= 11 is 0. The molecule has 98 valence electrons. The molecule has 19 heavy (non-hydrogen) atoms. The van der Waals surface area contributed by atoms with Gasteiger partial charge in [0.05, 0.1) is 6.20 Å². The van der Waals surface area contributed by atoms with Crippen molar-refractivity contribution in [2.24, 2.45) is 0 Å². The molecule has 0 unspecified atom stereocenters. The quantitative estimate of drug-likeness (QED) is 0.879. The minimum absolute atomic E-state index is 0.494. The van der Waals surface area contributed by atoms with Gasteiger partial charge in [-0.05, 0) is 25.0 Å². The lowest BCUT2D eigenvalue weighted by Gasteiger charge is -2.12. The van der Waals surface area contributed by atoms with Gasteiger partial charge in [-0.1, -0.05) is 31.0 Å². The maximum atomic E-state index is 4.44. The van der Waals surface area contributed by atoms with Gasteiger partial charge in [-0.3, -0.25) is 0 Å². The zero-order valence-electron chi connectivity index (χ0n) is 10.7. The number of rotatable bonds is 4. The lowest BCUT2D eigenvalue weighted by atomic mass is 10.3. The lowest BCUT2D eigenvalue weighted by Crippen LogP contribution is -2.17. The van der Waals surface area contributed by atoms with Crippen molar-refractivity contribution in [1.29, 1.82) is 0 Å². The van der Waals surface area contributed by atoms with Crippen molar-refractivity contribution in [3.8, 4) is 0 Å². The van der Waals surface area contributed by atoms with Crippen LogP contribution in [0.4, 0.5) is 17.5 Å². The van der Waals surface area contributed by atoms with E-state index >= 15 is 0 Å². The third-order valence-corrected chi connectivity index (χ3v) is 3.29. The number of hydrogen-bond acceptors (Lipinski definition) is 5. The Bertz CT molecular complexity index is 522. The maximum Gasteiger partial charge on any atom is 0.244 e. The number of benzene rings is 1. The van der Waals surface area contributed by atoms with Gasteiger partial charge in [0.15, 0.2) is 5.82 Å². The molecule has 5 heteroatoms. The zero-order chi connectivity index (χ0) is 12.9. The van der Waals surface area contributed by atoms with Gasteiger partial charge in [-0.25, -0.2) is 0 Å². The van der Waals surface area contributed by atoms with Crippen molar-refractivity contribution < 1.29 is 0 Å². The third kappa shape index (κ3) is 3.19. The second kappa shape index (κ2) is 5.65. The van der Waals surface area contributed by atoms with Gasteiger partial charge in [0.1, 0.15) is 0 Å². The lowest BCUT2D eigenvalue weighted by molar-refractivity contribution is 0.738. The van der Waals surface area contributed by atoms with Crippen LogP contribution in [0.5, 0.6) is 0 Å². The minimum Gasteiger partial charge on any atom is -0.350 e. The molecule has 1 aliphatic carbocycles. The molecule has 0 amide bonds. The molecule has 0 saturated heterocycles. The largest absolute Gasteiger partial charge is 0.350 e. The smallest absolute Gasteiger partial charge is 0.244 e. The summed E-state index contributed by atoms with van der Waals surface area (Å²) in [6, 6.07) is 10.4. The Labute approximate surface area is 112 Å². The molecule has 1 saturated carbocycles. The molecule has 5 nitrogen and oxygen atoms in total. The Morgan fingerprint density at radius 3 is 2.63 bits per heavy atom. The van der Waals surface area contributed by atoms with E-state index in [1.54, 1.807) is 6.20 Å². The van der Waals surface area contributed by atoms with Crippen molar-refractivity contribution in [3.05, 3.63) is 36.5 Å². The summed E-state index contributed by atoms with van der Waals surface area (Å²) < 4.78 is 0. The molecule has 2 N–H and O–H groups in total. The molecule has 0 atom stereocenters. The highest BCUT2D eigenvalue weighted by atomic mass is 15.3. The van der Waals surface area contributed by atoms with Crippen LogP contribution in [0.25, 0.3) is 0 Å². The van der Waals surface area contributed by atoms with E-state index in [9.17, 15) is 0 Å². The molecule has 0 radical (unpaired) electrons. The van der Waals surface area contributed by atoms with E-state index < -0.39 is 0 Å². The number of nitrogens with zero attached hydrogens (tertiary/aromatic N) is 3. The predicted octanol–water partition coefficient (Wildman–Crippen LogP) is 2.97. The number of hydrogen-bond donors (Lipinski definition) is 2. The van der Waals surface area contributed by atoms with Crippen LogP contribution in [0.15, 0.2) is 36.5 Å². The second-order valence-corrected chi connectivity index (χ2v) is 4.78. The molecular weight excluding hydrogens is 238 g/mol. The molecular formula is C14H17N5. The Hall–Kier alpha value is -2.17. The first-order valence-corrected chi connectivity index (χ1v) is 6.68. The van der Waals surface area contributed by atoms with Gasteiger partial charge >= 0.3 is 0 Å². The van der Waals surface area contributed by atoms with Crippen LogP contribution in [-0.4, -0.2) is 21.2 Å². The van der Waals surface area contributed by atoms with Gasteiger partial charge in [0, 0.05) is 11.7 Å². The van der Waals surface area contributed by atoms with Crippen molar-refractivity contribution in [2.45, 2.75) is 31.7 Å². The van der Waals surface area contributed by atoms with Crippen LogP contribution in [0.3, 0.4) is 0 Å². The summed E-state index contributed by atoms with van der Waals surface area (Å²) in [5, 5.41) is 14.6. The van der Waals surface area contributed by atoms with E-state index in [0.29, 0.717) is 17.8 Å². The summed E-state index contributed by atoms with van der Waals surface area (Å²) in [4.78, 5) is 4.44. The summed E-state index contributed by atoms with van der Waals surface area (Å²) in [5.74, 6) is 1.31. The van der Waals surface area contributed by atoms with Gasteiger partial charge in [0.25, 0.3) is 0 Å². The van der Waals surface area contributed by atoms with Crippen molar-refractivity contribution in [2.75, 3.05) is 10.6 Å². The molecule has 0 spiro atoms. The molecule has 1 aromatic carbocycles. The average Bonchev–Trinajstić information content (AvgIpc) is 2.93. The van der Waals surface area contributed by atoms with E-state index in [1.807, 2.05) is 30.3 Å². The third-order valence-electron chi connectivity index (χ3n) is 3.29. The van der Waals surface area contributed by atoms with E-state index in [0.717, 1.165) is 5.69 Å². The Balaban J connectivity index is 1.69. The zero-order valence-corrected chi connectivity index (χ0v) is 10.7. The topological polar surface area (TPSA) is 62.7 Å². The first-order chi connectivity index (χ1) is 9.40. The summed E-state index contributed by atoms with van der Waals surface area (Å²) in [7, 11) is 0. The Morgan fingerprint density at radius 1 is 1.05 bits per heavy atom. The fourth-order valence-corrected chi connectivity index (χ4v) is 2.35.